The highest BCUT2D eigenvalue weighted by molar-refractivity contribution is 5.47. The van der Waals surface area contributed by atoms with Crippen LogP contribution in [0.25, 0.3) is 0 Å². The van der Waals surface area contributed by atoms with Crippen molar-refractivity contribution in [1.29, 1.82) is 0 Å². The number of aliphatic hydroxyl groups excluding tert-OH is 1. The van der Waals surface area contributed by atoms with Crippen LogP contribution in [0.1, 0.15) is 36.4 Å². The zero-order valence-electron chi connectivity index (χ0n) is 10.0. The lowest BCUT2D eigenvalue weighted by Crippen LogP contribution is -2.37. The largest absolute Gasteiger partial charge is 0.399 e. The average Bonchev–Trinajstić information content (AvgIpc) is 2.65. The molecule has 2 aliphatic carbocycles. The summed E-state index contributed by atoms with van der Waals surface area (Å²) in [6.07, 6.45) is 4.19. The summed E-state index contributed by atoms with van der Waals surface area (Å²) in [5, 5.41) is 12.9. The number of aryl methyl sites for hydroxylation is 1. The van der Waals surface area contributed by atoms with Gasteiger partial charge in [0.25, 0.3) is 0 Å². The van der Waals surface area contributed by atoms with Crippen LogP contribution in [0.2, 0.25) is 0 Å². The Bertz CT molecular complexity index is 413. The molecule has 3 heteroatoms. The van der Waals surface area contributed by atoms with Crippen LogP contribution in [-0.4, -0.2) is 17.8 Å². The Hall–Kier alpha value is -1.06. The van der Waals surface area contributed by atoms with Crippen molar-refractivity contribution >= 4 is 5.69 Å². The first kappa shape index (κ1) is 11.1. The lowest BCUT2D eigenvalue weighted by atomic mass is 9.82. The molecular formula is C14H20N2O. The van der Waals surface area contributed by atoms with E-state index < -0.39 is 0 Å². The minimum atomic E-state index is -0.0440. The number of rotatable bonds is 3. The number of aliphatic hydroxyl groups is 1. The first-order chi connectivity index (χ1) is 8.22. The first-order valence-electron chi connectivity index (χ1n) is 6.52. The molecule has 1 atom stereocenters. The maximum absolute atomic E-state index is 9.26. The first-order valence-corrected chi connectivity index (χ1v) is 6.52. The van der Waals surface area contributed by atoms with Gasteiger partial charge in [-0.1, -0.05) is 6.07 Å². The van der Waals surface area contributed by atoms with Crippen LogP contribution in [0.3, 0.4) is 0 Å². The fourth-order valence-electron chi connectivity index (χ4n) is 3.03. The summed E-state index contributed by atoms with van der Waals surface area (Å²) >= 11 is 0. The van der Waals surface area contributed by atoms with E-state index in [0.717, 1.165) is 31.5 Å². The van der Waals surface area contributed by atoms with E-state index >= 15 is 0 Å². The molecule has 4 N–H and O–H groups in total. The van der Waals surface area contributed by atoms with Crippen molar-refractivity contribution in [2.24, 2.45) is 5.92 Å². The van der Waals surface area contributed by atoms with E-state index in [-0.39, 0.29) is 6.10 Å². The van der Waals surface area contributed by atoms with Crippen LogP contribution < -0.4 is 11.1 Å². The third-order valence-corrected chi connectivity index (χ3v) is 4.11. The summed E-state index contributed by atoms with van der Waals surface area (Å²) in [5.41, 5.74) is 9.48. The Morgan fingerprint density at radius 3 is 2.94 bits per heavy atom. The van der Waals surface area contributed by atoms with Crippen LogP contribution in [0, 0.1) is 5.92 Å². The van der Waals surface area contributed by atoms with E-state index in [2.05, 4.69) is 17.4 Å². The number of anilines is 1. The topological polar surface area (TPSA) is 58.3 Å². The van der Waals surface area contributed by atoms with Gasteiger partial charge in [-0.15, -0.1) is 0 Å². The summed E-state index contributed by atoms with van der Waals surface area (Å²) in [4.78, 5) is 0. The van der Waals surface area contributed by atoms with Crippen LogP contribution in [0.4, 0.5) is 5.69 Å². The van der Waals surface area contributed by atoms with E-state index in [1.165, 1.54) is 17.5 Å². The lowest BCUT2D eigenvalue weighted by Gasteiger charge is -2.32. The minimum Gasteiger partial charge on any atom is -0.399 e. The Balaban J connectivity index is 1.60. The summed E-state index contributed by atoms with van der Waals surface area (Å²) in [5.74, 6) is 0.669. The lowest BCUT2D eigenvalue weighted by molar-refractivity contribution is 0.0418. The van der Waals surface area contributed by atoms with Crippen LogP contribution >= 0.6 is 0 Å². The zero-order chi connectivity index (χ0) is 11.8. The summed E-state index contributed by atoms with van der Waals surface area (Å²) in [6.45, 7) is 1.03. The number of nitrogen functional groups attached to an aromatic ring is 1. The number of nitrogens with one attached hydrogen (secondary N) is 1. The molecule has 1 aromatic carbocycles. The molecule has 0 saturated heterocycles. The van der Waals surface area contributed by atoms with Gasteiger partial charge in [0.1, 0.15) is 0 Å². The van der Waals surface area contributed by atoms with E-state index in [1.807, 2.05) is 6.07 Å². The van der Waals surface area contributed by atoms with Crippen molar-refractivity contribution in [3.63, 3.8) is 0 Å². The van der Waals surface area contributed by atoms with E-state index in [9.17, 15) is 5.11 Å². The summed E-state index contributed by atoms with van der Waals surface area (Å²) < 4.78 is 0. The maximum Gasteiger partial charge on any atom is 0.0546 e. The summed E-state index contributed by atoms with van der Waals surface area (Å²) in [6, 6.07) is 6.74. The van der Waals surface area contributed by atoms with Gasteiger partial charge in [0.05, 0.1) is 6.10 Å². The SMILES string of the molecule is Nc1ccc2c(c1)CCC2NCC1CC(O)C1. The van der Waals surface area contributed by atoms with Crippen molar-refractivity contribution < 1.29 is 5.11 Å². The molecule has 0 bridgehead atoms. The highest BCUT2D eigenvalue weighted by Crippen LogP contribution is 2.33. The molecule has 2 aliphatic rings. The van der Waals surface area contributed by atoms with Gasteiger partial charge in [0, 0.05) is 11.7 Å². The second kappa shape index (κ2) is 4.31. The predicted octanol–water partition coefficient (Wildman–Crippen LogP) is 1.62. The predicted molar refractivity (Wildman–Crippen MR) is 68.6 cm³/mol. The molecule has 17 heavy (non-hydrogen) atoms. The van der Waals surface area contributed by atoms with Crippen LogP contribution in [0.15, 0.2) is 18.2 Å². The number of fused-ring (bicyclic) bond motifs is 1. The van der Waals surface area contributed by atoms with Gasteiger partial charge in [-0.3, -0.25) is 0 Å². The smallest absolute Gasteiger partial charge is 0.0546 e. The second-order valence-electron chi connectivity index (χ2n) is 5.45. The Kier molecular flexibility index (Phi) is 2.81. The van der Waals surface area contributed by atoms with Crippen molar-refractivity contribution in [1.82, 2.24) is 5.32 Å². The van der Waals surface area contributed by atoms with Gasteiger partial charge in [0.2, 0.25) is 0 Å². The van der Waals surface area contributed by atoms with Gasteiger partial charge in [-0.2, -0.15) is 0 Å². The fraction of sp³-hybridized carbons (Fsp3) is 0.571. The molecule has 92 valence electrons. The second-order valence-corrected chi connectivity index (χ2v) is 5.45. The molecular weight excluding hydrogens is 212 g/mol. The molecule has 1 fully saturated rings. The van der Waals surface area contributed by atoms with Gasteiger partial charge < -0.3 is 16.2 Å². The molecule has 1 unspecified atom stereocenters. The molecule has 3 rings (SSSR count). The number of benzene rings is 1. The number of hydrogen-bond acceptors (Lipinski definition) is 3. The monoisotopic (exact) mass is 232 g/mol. The molecule has 0 spiro atoms. The third kappa shape index (κ3) is 2.17. The van der Waals surface area contributed by atoms with Gasteiger partial charge >= 0.3 is 0 Å². The Morgan fingerprint density at radius 1 is 1.35 bits per heavy atom. The van der Waals surface area contributed by atoms with Crippen molar-refractivity contribution in [2.45, 2.75) is 37.8 Å². The molecule has 0 heterocycles. The van der Waals surface area contributed by atoms with Crippen molar-refractivity contribution in [2.75, 3.05) is 12.3 Å². The van der Waals surface area contributed by atoms with E-state index in [4.69, 9.17) is 5.73 Å². The highest BCUT2D eigenvalue weighted by Gasteiger charge is 2.29. The molecule has 1 aromatic rings. The number of hydrogen-bond donors (Lipinski definition) is 3. The quantitative estimate of drug-likeness (QED) is 0.694. The van der Waals surface area contributed by atoms with Crippen molar-refractivity contribution in [3.8, 4) is 0 Å². The highest BCUT2D eigenvalue weighted by atomic mass is 16.3. The van der Waals surface area contributed by atoms with Gasteiger partial charge in [0.15, 0.2) is 0 Å². The Morgan fingerprint density at radius 2 is 2.18 bits per heavy atom. The maximum atomic E-state index is 9.26. The number of nitrogens with two attached hydrogens (primary N) is 1. The van der Waals surface area contributed by atoms with E-state index in [0.29, 0.717) is 12.0 Å². The zero-order valence-corrected chi connectivity index (χ0v) is 10.0. The normalized spacial score (nSPS) is 31.0. The average molecular weight is 232 g/mol. The van der Waals surface area contributed by atoms with Crippen LogP contribution in [0.5, 0.6) is 0 Å². The molecule has 0 amide bonds. The van der Waals surface area contributed by atoms with E-state index in [1.54, 1.807) is 0 Å². The minimum absolute atomic E-state index is 0.0440. The fourth-order valence-corrected chi connectivity index (χ4v) is 3.03. The van der Waals surface area contributed by atoms with Crippen LogP contribution in [-0.2, 0) is 6.42 Å². The molecule has 0 radical (unpaired) electrons. The van der Waals surface area contributed by atoms with Crippen molar-refractivity contribution in [3.05, 3.63) is 29.3 Å². The molecule has 3 nitrogen and oxygen atoms in total. The van der Waals surface area contributed by atoms with Gasteiger partial charge in [-0.25, -0.2) is 0 Å². The molecule has 0 aliphatic heterocycles. The Labute approximate surface area is 102 Å². The van der Waals surface area contributed by atoms with Gasteiger partial charge in [-0.05, 0) is 61.4 Å². The third-order valence-electron chi connectivity index (χ3n) is 4.11. The molecule has 1 saturated carbocycles. The standard InChI is InChI=1S/C14H20N2O/c15-11-2-3-13-10(7-11)1-4-14(13)16-8-9-5-12(17)6-9/h2-3,7,9,12,14,16-17H,1,4-6,8,15H2. The summed E-state index contributed by atoms with van der Waals surface area (Å²) in [7, 11) is 0. The molecule has 0 aromatic heterocycles.